The first-order valence-electron chi connectivity index (χ1n) is 4.69. The number of nitrogens with zero attached hydrogens (tertiary/aromatic N) is 1. The summed E-state index contributed by atoms with van der Waals surface area (Å²) < 4.78 is 0.635. The van der Waals surface area contributed by atoms with Crippen LogP contribution in [0.15, 0.2) is 16.6 Å². The molecule has 6 heteroatoms. The first-order valence-corrected chi connectivity index (χ1v) is 6.24. The van der Waals surface area contributed by atoms with Crippen molar-refractivity contribution < 1.29 is 4.79 Å². The number of rotatable bonds is 1. The van der Waals surface area contributed by atoms with Crippen LogP contribution in [-0.2, 0) is 4.79 Å². The molecule has 1 aliphatic rings. The predicted molar refractivity (Wildman–Crippen MR) is 69.1 cm³/mol. The van der Waals surface area contributed by atoms with Crippen LogP contribution in [0.3, 0.4) is 0 Å². The van der Waals surface area contributed by atoms with E-state index in [1.165, 1.54) is 0 Å². The maximum atomic E-state index is 11.6. The van der Waals surface area contributed by atoms with E-state index in [1.807, 2.05) is 0 Å². The van der Waals surface area contributed by atoms with Gasteiger partial charge in [0.1, 0.15) is 0 Å². The van der Waals surface area contributed by atoms with Crippen molar-refractivity contribution in [2.75, 3.05) is 11.4 Å². The summed E-state index contributed by atoms with van der Waals surface area (Å²) in [6, 6.07) is 3.29. The lowest BCUT2D eigenvalue weighted by molar-refractivity contribution is -0.117. The Morgan fingerprint density at radius 1 is 1.38 bits per heavy atom. The molecular formula is C10H9BrCl2N2O. The summed E-state index contributed by atoms with van der Waals surface area (Å²) in [5.74, 6) is 0.00181. The van der Waals surface area contributed by atoms with E-state index in [4.69, 9.17) is 28.9 Å². The fourth-order valence-electron chi connectivity index (χ4n) is 1.68. The van der Waals surface area contributed by atoms with Crippen LogP contribution in [-0.4, -0.2) is 18.5 Å². The molecule has 1 aromatic rings. The topological polar surface area (TPSA) is 46.3 Å². The van der Waals surface area contributed by atoms with Gasteiger partial charge in [0.05, 0.1) is 14.5 Å². The number of anilines is 1. The minimum atomic E-state index is -0.117. The number of amides is 1. The van der Waals surface area contributed by atoms with E-state index in [0.717, 1.165) is 0 Å². The van der Waals surface area contributed by atoms with Crippen LogP contribution in [0.5, 0.6) is 0 Å². The molecule has 1 unspecified atom stereocenters. The summed E-state index contributed by atoms with van der Waals surface area (Å²) >= 11 is 15.2. The molecule has 1 amide bonds. The van der Waals surface area contributed by atoms with Crippen LogP contribution < -0.4 is 10.6 Å². The zero-order chi connectivity index (χ0) is 11.9. The molecule has 0 bridgehead atoms. The van der Waals surface area contributed by atoms with Crippen molar-refractivity contribution in [1.29, 1.82) is 0 Å². The second-order valence-electron chi connectivity index (χ2n) is 3.69. The Morgan fingerprint density at radius 2 is 1.94 bits per heavy atom. The molecule has 0 saturated carbocycles. The molecule has 3 nitrogen and oxygen atoms in total. The first kappa shape index (κ1) is 12.2. The van der Waals surface area contributed by atoms with Crippen LogP contribution in [0.4, 0.5) is 5.69 Å². The van der Waals surface area contributed by atoms with E-state index in [1.54, 1.807) is 17.0 Å². The van der Waals surface area contributed by atoms with Crippen LogP contribution >= 0.6 is 39.1 Å². The molecule has 1 saturated heterocycles. The van der Waals surface area contributed by atoms with Crippen molar-refractivity contribution in [1.82, 2.24) is 0 Å². The maximum Gasteiger partial charge on any atom is 0.228 e. The quantitative estimate of drug-likeness (QED) is 0.808. The van der Waals surface area contributed by atoms with Gasteiger partial charge in [0.15, 0.2) is 0 Å². The van der Waals surface area contributed by atoms with Crippen LogP contribution in [0.2, 0.25) is 10.0 Å². The number of halogens is 3. The molecule has 1 atom stereocenters. The predicted octanol–water partition coefficient (Wildman–Crippen LogP) is 2.82. The molecule has 0 aliphatic carbocycles. The van der Waals surface area contributed by atoms with Gasteiger partial charge in [-0.15, -0.1) is 0 Å². The van der Waals surface area contributed by atoms with E-state index >= 15 is 0 Å². The fourth-order valence-corrected chi connectivity index (χ4v) is 2.39. The molecule has 0 aromatic heterocycles. The van der Waals surface area contributed by atoms with E-state index in [2.05, 4.69) is 15.9 Å². The number of hydrogen-bond acceptors (Lipinski definition) is 2. The third-order valence-electron chi connectivity index (χ3n) is 2.44. The second kappa shape index (κ2) is 4.53. The minimum Gasteiger partial charge on any atom is -0.326 e. The summed E-state index contributed by atoms with van der Waals surface area (Å²) in [4.78, 5) is 13.2. The smallest absolute Gasteiger partial charge is 0.228 e. The van der Waals surface area contributed by atoms with E-state index in [-0.39, 0.29) is 11.9 Å². The molecule has 1 heterocycles. The number of carbonyl (C=O) groups excluding carboxylic acids is 1. The first-order chi connectivity index (χ1) is 7.49. The molecule has 1 fully saturated rings. The molecule has 86 valence electrons. The van der Waals surface area contributed by atoms with Crippen LogP contribution in [0, 0.1) is 0 Å². The zero-order valence-corrected chi connectivity index (χ0v) is 11.3. The lowest BCUT2D eigenvalue weighted by atomic mass is 10.3. The lowest BCUT2D eigenvalue weighted by Crippen LogP contribution is -2.27. The van der Waals surface area contributed by atoms with Gasteiger partial charge in [-0.3, -0.25) is 4.79 Å². The summed E-state index contributed by atoms with van der Waals surface area (Å²) in [6.07, 6.45) is 0.366. The third kappa shape index (κ3) is 2.20. The van der Waals surface area contributed by atoms with Gasteiger partial charge in [-0.1, -0.05) is 23.2 Å². The molecule has 2 N–H and O–H groups in total. The number of nitrogens with two attached hydrogens (primary N) is 1. The van der Waals surface area contributed by atoms with Gasteiger partial charge in [0, 0.05) is 24.7 Å². The highest BCUT2D eigenvalue weighted by molar-refractivity contribution is 9.10. The van der Waals surface area contributed by atoms with Gasteiger partial charge in [-0.05, 0) is 28.1 Å². The number of carbonyl (C=O) groups is 1. The molecule has 16 heavy (non-hydrogen) atoms. The molecule has 0 spiro atoms. The van der Waals surface area contributed by atoms with Crippen LogP contribution in [0.25, 0.3) is 0 Å². The summed E-state index contributed by atoms with van der Waals surface area (Å²) in [6.45, 7) is 0.507. The van der Waals surface area contributed by atoms with Crippen molar-refractivity contribution in [2.45, 2.75) is 12.5 Å². The van der Waals surface area contributed by atoms with Crippen molar-refractivity contribution in [3.63, 3.8) is 0 Å². The maximum absolute atomic E-state index is 11.6. The lowest BCUT2D eigenvalue weighted by Gasteiger charge is -2.17. The van der Waals surface area contributed by atoms with Gasteiger partial charge in [0.25, 0.3) is 0 Å². The zero-order valence-electron chi connectivity index (χ0n) is 8.21. The Labute approximate surface area is 112 Å². The normalized spacial score (nSPS) is 20.6. The van der Waals surface area contributed by atoms with Crippen LogP contribution in [0.1, 0.15) is 6.42 Å². The molecule has 1 aliphatic heterocycles. The highest BCUT2D eigenvalue weighted by Gasteiger charge is 2.28. The Morgan fingerprint density at radius 3 is 2.38 bits per heavy atom. The second-order valence-corrected chi connectivity index (χ2v) is 5.30. The highest BCUT2D eigenvalue weighted by Crippen LogP contribution is 2.35. The van der Waals surface area contributed by atoms with Crippen molar-refractivity contribution >= 4 is 50.7 Å². The Kier molecular flexibility index (Phi) is 3.45. The SMILES string of the molecule is NC1CC(=O)N(c2cc(Cl)c(Br)c(Cl)c2)C1. The van der Waals surface area contributed by atoms with Crippen molar-refractivity contribution in [3.05, 3.63) is 26.7 Å². The minimum absolute atomic E-state index is 0.00181. The van der Waals surface area contributed by atoms with Gasteiger partial charge >= 0.3 is 0 Å². The van der Waals surface area contributed by atoms with E-state index < -0.39 is 0 Å². The summed E-state index contributed by atoms with van der Waals surface area (Å²) in [7, 11) is 0. The fraction of sp³-hybridized carbons (Fsp3) is 0.300. The number of benzene rings is 1. The van der Waals surface area contributed by atoms with Gasteiger partial charge in [0.2, 0.25) is 5.91 Å². The Balaban J connectivity index is 2.38. The van der Waals surface area contributed by atoms with Gasteiger partial charge in [-0.25, -0.2) is 0 Å². The van der Waals surface area contributed by atoms with E-state index in [9.17, 15) is 4.79 Å². The molecular weight excluding hydrogens is 315 g/mol. The Hall–Kier alpha value is -0.290. The van der Waals surface area contributed by atoms with Gasteiger partial charge in [-0.2, -0.15) is 0 Å². The highest BCUT2D eigenvalue weighted by atomic mass is 79.9. The summed E-state index contributed by atoms with van der Waals surface area (Å²) in [5, 5.41) is 0.964. The van der Waals surface area contributed by atoms with Gasteiger partial charge < -0.3 is 10.6 Å². The average Bonchev–Trinajstić information content (AvgIpc) is 2.53. The average molecular weight is 324 g/mol. The molecule has 0 radical (unpaired) electrons. The molecule has 1 aromatic carbocycles. The van der Waals surface area contributed by atoms with E-state index in [0.29, 0.717) is 33.2 Å². The molecule has 2 rings (SSSR count). The Bertz CT molecular complexity index is 429. The monoisotopic (exact) mass is 322 g/mol. The summed E-state index contributed by atoms with van der Waals surface area (Å²) in [5.41, 5.74) is 6.41. The largest absolute Gasteiger partial charge is 0.326 e. The number of hydrogen-bond donors (Lipinski definition) is 1. The standard InChI is InChI=1S/C10H9BrCl2N2O/c11-10-7(12)2-6(3-8(10)13)15-4-5(14)1-9(15)16/h2-3,5H,1,4,14H2. The third-order valence-corrected chi connectivity index (χ3v) is 4.34. The van der Waals surface area contributed by atoms with Crippen molar-refractivity contribution in [2.24, 2.45) is 5.73 Å². The van der Waals surface area contributed by atoms with Crippen molar-refractivity contribution in [3.8, 4) is 0 Å².